The van der Waals surface area contributed by atoms with Crippen LogP contribution in [0.15, 0.2) is 108 Å². The van der Waals surface area contributed by atoms with Crippen molar-refractivity contribution < 1.29 is 18.0 Å². The zero-order chi connectivity index (χ0) is 31.7. The van der Waals surface area contributed by atoms with E-state index in [9.17, 15) is 18.0 Å². The number of nitrogens with zero attached hydrogens (tertiary/aromatic N) is 2. The lowest BCUT2D eigenvalue weighted by Crippen LogP contribution is -2.53. The van der Waals surface area contributed by atoms with Gasteiger partial charge in [-0.05, 0) is 66.4 Å². The molecule has 44 heavy (non-hydrogen) atoms. The lowest BCUT2D eigenvalue weighted by Gasteiger charge is -2.34. The van der Waals surface area contributed by atoms with E-state index in [1.807, 2.05) is 37.3 Å². The van der Waals surface area contributed by atoms with Crippen molar-refractivity contribution in [1.29, 1.82) is 0 Å². The zero-order valence-corrected chi connectivity index (χ0v) is 26.9. The molecule has 4 aromatic rings. The normalized spacial score (nSPS) is 11.9. The molecule has 0 aliphatic rings. The van der Waals surface area contributed by atoms with Crippen molar-refractivity contribution in [2.75, 3.05) is 17.4 Å². The van der Waals surface area contributed by atoms with E-state index in [0.29, 0.717) is 28.6 Å². The van der Waals surface area contributed by atoms with Gasteiger partial charge in [0.15, 0.2) is 0 Å². The molecule has 1 atom stereocenters. The molecule has 0 fully saturated rings. The number of nitrogens with one attached hydrogen (secondary N) is 1. The lowest BCUT2D eigenvalue weighted by molar-refractivity contribution is -0.140. The first-order valence-corrected chi connectivity index (χ1v) is 16.5. The predicted molar refractivity (Wildman–Crippen MR) is 176 cm³/mol. The van der Waals surface area contributed by atoms with Crippen LogP contribution in [0.1, 0.15) is 30.0 Å². The summed E-state index contributed by atoms with van der Waals surface area (Å²) in [6.07, 6.45) is 0.948. The predicted octanol–water partition coefficient (Wildman–Crippen LogP) is 6.66. The third kappa shape index (κ3) is 8.20. The van der Waals surface area contributed by atoms with Crippen LogP contribution in [0.3, 0.4) is 0 Å². The first kappa shape index (κ1) is 33.1. The molecule has 2 amide bonds. The van der Waals surface area contributed by atoms with Crippen molar-refractivity contribution >= 4 is 50.7 Å². The van der Waals surface area contributed by atoms with Crippen LogP contribution >= 0.6 is 23.2 Å². The Morgan fingerprint density at radius 2 is 1.45 bits per heavy atom. The molecular formula is C34H35Cl2N3O4S. The summed E-state index contributed by atoms with van der Waals surface area (Å²) < 4.78 is 29.3. The Balaban J connectivity index is 1.81. The second-order valence-corrected chi connectivity index (χ2v) is 13.1. The molecule has 0 radical (unpaired) electrons. The summed E-state index contributed by atoms with van der Waals surface area (Å²) in [6, 6.07) is 28.3. The summed E-state index contributed by atoms with van der Waals surface area (Å²) in [6.45, 7) is 3.59. The molecule has 7 nitrogen and oxygen atoms in total. The van der Waals surface area contributed by atoms with Gasteiger partial charge < -0.3 is 10.2 Å². The van der Waals surface area contributed by atoms with Crippen molar-refractivity contribution in [2.24, 2.45) is 0 Å². The SMILES string of the molecule is CCCNC(=O)[C@@H](Cc1ccccc1)N(Cc1ccc(Cl)cc1)C(=O)CN(c1cccc(Cl)c1C)S(=O)(=O)c1ccccc1. The van der Waals surface area contributed by atoms with Crippen LogP contribution in [0.25, 0.3) is 0 Å². The van der Waals surface area contributed by atoms with E-state index in [1.165, 1.54) is 17.0 Å². The molecule has 4 rings (SSSR count). The largest absolute Gasteiger partial charge is 0.354 e. The van der Waals surface area contributed by atoms with Crippen molar-refractivity contribution in [3.8, 4) is 0 Å². The summed E-state index contributed by atoms with van der Waals surface area (Å²) in [5, 5.41) is 3.83. The fraction of sp³-hybridized carbons (Fsp3) is 0.235. The van der Waals surface area contributed by atoms with Crippen LogP contribution in [0, 0.1) is 6.92 Å². The fourth-order valence-corrected chi connectivity index (χ4v) is 6.59. The molecule has 0 aliphatic carbocycles. The number of amides is 2. The minimum atomic E-state index is -4.21. The standard InChI is InChI=1S/C34H35Cl2N3O4S/c1-3-21-37-34(41)32(22-26-11-6-4-7-12-26)38(23-27-17-19-28(35)20-18-27)33(40)24-39(31-16-10-15-30(36)25(31)2)44(42,43)29-13-8-5-9-14-29/h4-20,32H,3,21-24H2,1-2H3,(H,37,41)/t32-/m1/s1. The number of hydrogen-bond donors (Lipinski definition) is 1. The molecule has 0 bridgehead atoms. The number of sulfonamides is 1. The number of hydrogen-bond acceptors (Lipinski definition) is 4. The number of anilines is 1. The molecule has 0 aromatic heterocycles. The third-order valence-corrected chi connectivity index (χ3v) is 9.64. The molecule has 0 saturated carbocycles. The summed E-state index contributed by atoms with van der Waals surface area (Å²) in [4.78, 5) is 29.6. The number of carbonyl (C=O) groups excluding carboxylic acids is 2. The monoisotopic (exact) mass is 651 g/mol. The first-order chi connectivity index (χ1) is 21.1. The minimum Gasteiger partial charge on any atom is -0.354 e. The second-order valence-electron chi connectivity index (χ2n) is 10.4. The molecule has 0 aliphatic heterocycles. The van der Waals surface area contributed by atoms with Crippen LogP contribution in [-0.2, 0) is 32.6 Å². The molecule has 0 spiro atoms. The zero-order valence-electron chi connectivity index (χ0n) is 24.6. The third-order valence-electron chi connectivity index (χ3n) is 7.20. The topological polar surface area (TPSA) is 86.8 Å². The molecule has 0 heterocycles. The van der Waals surface area contributed by atoms with Gasteiger partial charge >= 0.3 is 0 Å². The Morgan fingerprint density at radius 3 is 2.09 bits per heavy atom. The maximum Gasteiger partial charge on any atom is 0.264 e. The van der Waals surface area contributed by atoms with Gasteiger partial charge in [-0.15, -0.1) is 0 Å². The Hall–Kier alpha value is -3.85. The highest BCUT2D eigenvalue weighted by Crippen LogP contribution is 2.31. The molecule has 0 unspecified atom stereocenters. The van der Waals surface area contributed by atoms with Gasteiger partial charge in [0.25, 0.3) is 10.0 Å². The van der Waals surface area contributed by atoms with Gasteiger partial charge in [-0.25, -0.2) is 8.42 Å². The minimum absolute atomic E-state index is 0.0259. The van der Waals surface area contributed by atoms with Crippen molar-refractivity contribution in [3.63, 3.8) is 0 Å². The van der Waals surface area contributed by atoms with Gasteiger partial charge in [0.2, 0.25) is 11.8 Å². The summed E-state index contributed by atoms with van der Waals surface area (Å²) in [7, 11) is -4.21. The van der Waals surface area contributed by atoms with E-state index < -0.39 is 28.5 Å². The van der Waals surface area contributed by atoms with Crippen LogP contribution in [0.2, 0.25) is 10.0 Å². The van der Waals surface area contributed by atoms with Gasteiger partial charge in [-0.1, -0.05) is 96.9 Å². The fourth-order valence-electron chi connectivity index (χ4n) is 4.81. The number of benzene rings is 4. The average molecular weight is 653 g/mol. The quantitative estimate of drug-likeness (QED) is 0.175. The number of rotatable bonds is 13. The van der Waals surface area contributed by atoms with Gasteiger partial charge in [0.05, 0.1) is 10.6 Å². The van der Waals surface area contributed by atoms with Crippen LogP contribution in [0.5, 0.6) is 0 Å². The Kier molecular flexibility index (Phi) is 11.4. The Morgan fingerprint density at radius 1 is 0.818 bits per heavy atom. The van der Waals surface area contributed by atoms with Gasteiger partial charge in [0.1, 0.15) is 12.6 Å². The number of halogens is 2. The lowest BCUT2D eigenvalue weighted by atomic mass is 10.0. The van der Waals surface area contributed by atoms with E-state index >= 15 is 0 Å². The van der Waals surface area contributed by atoms with Gasteiger partial charge in [-0.3, -0.25) is 13.9 Å². The smallest absolute Gasteiger partial charge is 0.264 e. The highest BCUT2D eigenvalue weighted by molar-refractivity contribution is 7.92. The summed E-state index contributed by atoms with van der Waals surface area (Å²) in [5.41, 5.74) is 2.38. The summed E-state index contributed by atoms with van der Waals surface area (Å²) in [5.74, 6) is -0.874. The maximum atomic E-state index is 14.5. The molecule has 230 valence electrons. The Bertz CT molecular complexity index is 1670. The van der Waals surface area contributed by atoms with E-state index in [-0.39, 0.29) is 29.5 Å². The molecule has 1 N–H and O–H groups in total. The maximum absolute atomic E-state index is 14.5. The molecule has 4 aromatic carbocycles. The van der Waals surface area contributed by atoms with Crippen molar-refractivity contribution in [3.05, 3.63) is 130 Å². The van der Waals surface area contributed by atoms with Crippen LogP contribution < -0.4 is 9.62 Å². The second kappa shape index (κ2) is 15.2. The van der Waals surface area contributed by atoms with Gasteiger partial charge in [-0.2, -0.15) is 0 Å². The molecular weight excluding hydrogens is 617 g/mol. The van der Waals surface area contributed by atoms with E-state index in [1.54, 1.807) is 67.6 Å². The van der Waals surface area contributed by atoms with Crippen LogP contribution in [-0.4, -0.2) is 44.3 Å². The Labute approximate surface area is 269 Å². The van der Waals surface area contributed by atoms with Crippen LogP contribution in [0.4, 0.5) is 5.69 Å². The number of carbonyl (C=O) groups is 2. The highest BCUT2D eigenvalue weighted by Gasteiger charge is 2.35. The van der Waals surface area contributed by atoms with E-state index in [0.717, 1.165) is 15.4 Å². The van der Waals surface area contributed by atoms with Gasteiger partial charge in [0, 0.05) is 29.6 Å². The summed E-state index contributed by atoms with van der Waals surface area (Å²) >= 11 is 12.6. The van der Waals surface area contributed by atoms with Crippen molar-refractivity contribution in [1.82, 2.24) is 10.2 Å². The highest BCUT2D eigenvalue weighted by atomic mass is 35.5. The van der Waals surface area contributed by atoms with Crippen molar-refractivity contribution in [2.45, 2.75) is 44.2 Å². The van der Waals surface area contributed by atoms with E-state index in [2.05, 4.69) is 5.32 Å². The van der Waals surface area contributed by atoms with E-state index in [4.69, 9.17) is 23.2 Å². The average Bonchev–Trinajstić information content (AvgIpc) is 3.03. The molecule has 10 heteroatoms. The molecule has 0 saturated heterocycles. The first-order valence-electron chi connectivity index (χ1n) is 14.3.